The zero-order valence-electron chi connectivity index (χ0n) is 12.7. The van der Waals surface area contributed by atoms with E-state index in [0.29, 0.717) is 11.3 Å². The van der Waals surface area contributed by atoms with E-state index in [9.17, 15) is 5.11 Å². The molecule has 4 nitrogen and oxygen atoms in total. The number of hydrogen-bond donors (Lipinski definition) is 1. The monoisotopic (exact) mass is 265 g/mol. The lowest BCUT2D eigenvalue weighted by atomic mass is 9.68. The van der Waals surface area contributed by atoms with Crippen LogP contribution in [0.3, 0.4) is 0 Å². The van der Waals surface area contributed by atoms with Crippen molar-refractivity contribution in [2.75, 3.05) is 0 Å². The molecule has 0 bridgehead atoms. The van der Waals surface area contributed by atoms with Crippen molar-refractivity contribution in [2.24, 2.45) is 11.3 Å². The summed E-state index contributed by atoms with van der Waals surface area (Å²) in [5.74, 6) is 0.697. The van der Waals surface area contributed by atoms with Gasteiger partial charge in [0.25, 0.3) is 0 Å². The molecule has 19 heavy (non-hydrogen) atoms. The molecular weight excluding hydrogens is 238 g/mol. The van der Waals surface area contributed by atoms with E-state index in [-0.39, 0.29) is 0 Å². The van der Waals surface area contributed by atoms with Crippen molar-refractivity contribution >= 4 is 0 Å². The fourth-order valence-corrected chi connectivity index (χ4v) is 3.21. The smallest absolute Gasteiger partial charge is 0.108 e. The summed E-state index contributed by atoms with van der Waals surface area (Å²) in [5, 5.41) is 19.0. The normalized spacial score (nSPS) is 28.6. The first-order valence-electron chi connectivity index (χ1n) is 7.48. The van der Waals surface area contributed by atoms with E-state index in [2.05, 4.69) is 38.0 Å². The van der Waals surface area contributed by atoms with E-state index in [0.717, 1.165) is 44.3 Å². The van der Waals surface area contributed by atoms with Gasteiger partial charge in [-0.3, -0.25) is 0 Å². The van der Waals surface area contributed by atoms with Crippen LogP contribution in [0.1, 0.15) is 65.5 Å². The highest BCUT2D eigenvalue weighted by molar-refractivity contribution is 5.10. The molecule has 1 heterocycles. The molecule has 0 atom stereocenters. The van der Waals surface area contributed by atoms with Crippen LogP contribution < -0.4 is 0 Å². The lowest BCUT2D eigenvalue weighted by Gasteiger charge is -2.41. The molecule has 0 unspecified atom stereocenters. The van der Waals surface area contributed by atoms with Gasteiger partial charge >= 0.3 is 0 Å². The third-order valence-corrected chi connectivity index (χ3v) is 4.57. The van der Waals surface area contributed by atoms with E-state index in [4.69, 9.17) is 0 Å². The SMILES string of the molecule is CCCn1nncc1C1(O)CCC(C(C)(C)C)CC1. The molecule has 1 N–H and O–H groups in total. The minimum atomic E-state index is -0.722. The lowest BCUT2D eigenvalue weighted by molar-refractivity contribution is -0.0364. The number of nitrogens with zero attached hydrogens (tertiary/aromatic N) is 3. The van der Waals surface area contributed by atoms with Crippen molar-refractivity contribution in [1.29, 1.82) is 0 Å². The van der Waals surface area contributed by atoms with Crippen LogP contribution in [0.5, 0.6) is 0 Å². The average molecular weight is 265 g/mol. The summed E-state index contributed by atoms with van der Waals surface area (Å²) in [5.41, 5.74) is 0.519. The lowest BCUT2D eigenvalue weighted by Crippen LogP contribution is -2.37. The van der Waals surface area contributed by atoms with Gasteiger partial charge in [-0.15, -0.1) is 5.10 Å². The molecule has 1 fully saturated rings. The quantitative estimate of drug-likeness (QED) is 0.913. The Balaban J connectivity index is 2.11. The molecule has 1 aliphatic rings. The number of hydrogen-bond acceptors (Lipinski definition) is 3. The van der Waals surface area contributed by atoms with Crippen LogP contribution in [0.15, 0.2) is 6.20 Å². The van der Waals surface area contributed by atoms with Gasteiger partial charge in [0.05, 0.1) is 11.9 Å². The summed E-state index contributed by atoms with van der Waals surface area (Å²) in [7, 11) is 0. The predicted molar refractivity (Wildman–Crippen MR) is 75.6 cm³/mol. The van der Waals surface area contributed by atoms with Gasteiger partial charge in [-0.1, -0.05) is 32.9 Å². The first-order chi connectivity index (χ1) is 8.87. The molecule has 0 amide bonds. The first kappa shape index (κ1) is 14.5. The van der Waals surface area contributed by atoms with Gasteiger partial charge in [0.2, 0.25) is 0 Å². The molecule has 0 aromatic carbocycles. The Bertz CT molecular complexity index is 411. The maximum absolute atomic E-state index is 10.9. The summed E-state index contributed by atoms with van der Waals surface area (Å²) in [6, 6.07) is 0. The Morgan fingerprint density at radius 3 is 2.53 bits per heavy atom. The summed E-state index contributed by atoms with van der Waals surface area (Å²) < 4.78 is 1.87. The Morgan fingerprint density at radius 2 is 2.00 bits per heavy atom. The summed E-state index contributed by atoms with van der Waals surface area (Å²) in [6.07, 6.45) is 6.57. The van der Waals surface area contributed by atoms with Crippen molar-refractivity contribution in [3.63, 3.8) is 0 Å². The molecule has 1 aromatic heterocycles. The predicted octanol–water partition coefficient (Wildman–Crippen LogP) is 3.11. The summed E-state index contributed by atoms with van der Waals surface area (Å²) in [6.45, 7) is 9.84. The summed E-state index contributed by atoms with van der Waals surface area (Å²) >= 11 is 0. The molecule has 0 radical (unpaired) electrons. The molecule has 108 valence electrons. The van der Waals surface area contributed by atoms with Gasteiger partial charge in [0.15, 0.2) is 0 Å². The standard InChI is InChI=1S/C15H27N3O/c1-5-10-18-13(11-16-17-18)15(19)8-6-12(7-9-15)14(2,3)4/h11-12,19H,5-10H2,1-4H3. The second kappa shape index (κ2) is 5.23. The van der Waals surface area contributed by atoms with Crippen LogP contribution in [-0.2, 0) is 12.1 Å². The third kappa shape index (κ3) is 2.99. The molecule has 1 aromatic rings. The highest BCUT2D eigenvalue weighted by atomic mass is 16.3. The third-order valence-electron chi connectivity index (χ3n) is 4.57. The van der Waals surface area contributed by atoms with E-state index < -0.39 is 5.60 Å². The van der Waals surface area contributed by atoms with Crippen molar-refractivity contribution in [1.82, 2.24) is 15.0 Å². The van der Waals surface area contributed by atoms with Crippen LogP contribution >= 0.6 is 0 Å². The zero-order chi connectivity index (χ0) is 14.1. The number of aryl methyl sites for hydroxylation is 1. The number of aromatic nitrogens is 3. The fraction of sp³-hybridized carbons (Fsp3) is 0.867. The molecule has 0 saturated heterocycles. The van der Waals surface area contributed by atoms with Gasteiger partial charge in [0.1, 0.15) is 5.60 Å². The first-order valence-corrected chi connectivity index (χ1v) is 7.48. The number of rotatable bonds is 3. The molecule has 0 aliphatic heterocycles. The average Bonchev–Trinajstić information content (AvgIpc) is 2.78. The largest absolute Gasteiger partial charge is 0.384 e. The van der Waals surface area contributed by atoms with E-state index in [1.165, 1.54) is 0 Å². The van der Waals surface area contributed by atoms with Crippen LogP contribution in [0, 0.1) is 11.3 Å². The van der Waals surface area contributed by atoms with Crippen molar-refractivity contribution in [3.05, 3.63) is 11.9 Å². The van der Waals surface area contributed by atoms with Crippen molar-refractivity contribution in [3.8, 4) is 0 Å². The molecule has 2 rings (SSSR count). The van der Waals surface area contributed by atoms with Gasteiger partial charge in [-0.05, 0) is 43.4 Å². The highest BCUT2D eigenvalue weighted by Gasteiger charge is 2.40. The molecule has 0 spiro atoms. The zero-order valence-corrected chi connectivity index (χ0v) is 12.7. The fourth-order valence-electron chi connectivity index (χ4n) is 3.21. The van der Waals surface area contributed by atoms with Crippen LogP contribution in [0.4, 0.5) is 0 Å². The molecular formula is C15H27N3O. The minimum Gasteiger partial charge on any atom is -0.384 e. The maximum Gasteiger partial charge on any atom is 0.108 e. The Labute approximate surface area is 116 Å². The molecule has 4 heteroatoms. The minimum absolute atomic E-state index is 0.337. The van der Waals surface area contributed by atoms with Gasteiger partial charge in [-0.25, -0.2) is 4.68 Å². The van der Waals surface area contributed by atoms with E-state index in [1.807, 2.05) is 4.68 Å². The topological polar surface area (TPSA) is 50.9 Å². The van der Waals surface area contributed by atoms with Gasteiger partial charge in [-0.2, -0.15) is 0 Å². The van der Waals surface area contributed by atoms with Crippen molar-refractivity contribution in [2.45, 2.75) is 71.9 Å². The molecule has 1 saturated carbocycles. The number of aliphatic hydroxyl groups is 1. The molecule has 1 aliphatic carbocycles. The highest BCUT2D eigenvalue weighted by Crippen LogP contribution is 2.45. The maximum atomic E-state index is 10.9. The van der Waals surface area contributed by atoms with Gasteiger partial charge < -0.3 is 5.11 Å². The van der Waals surface area contributed by atoms with Crippen LogP contribution in [0.2, 0.25) is 0 Å². The second-order valence-corrected chi connectivity index (χ2v) is 7.01. The Morgan fingerprint density at radius 1 is 1.37 bits per heavy atom. The Hall–Kier alpha value is -0.900. The van der Waals surface area contributed by atoms with Crippen molar-refractivity contribution < 1.29 is 5.11 Å². The summed E-state index contributed by atoms with van der Waals surface area (Å²) in [4.78, 5) is 0. The van der Waals surface area contributed by atoms with Crippen LogP contribution in [-0.4, -0.2) is 20.1 Å². The Kier molecular flexibility index (Phi) is 4.00. The van der Waals surface area contributed by atoms with Crippen LogP contribution in [0.25, 0.3) is 0 Å². The van der Waals surface area contributed by atoms with Gasteiger partial charge in [0, 0.05) is 6.54 Å². The van der Waals surface area contributed by atoms with E-state index >= 15 is 0 Å². The second-order valence-electron chi connectivity index (χ2n) is 7.01. The van der Waals surface area contributed by atoms with E-state index in [1.54, 1.807) is 6.20 Å².